The van der Waals surface area contributed by atoms with Crippen molar-refractivity contribution in [3.05, 3.63) is 34.7 Å². The quantitative estimate of drug-likeness (QED) is 0.747. The summed E-state index contributed by atoms with van der Waals surface area (Å²) in [5, 5.41) is 1.26. The molecule has 0 spiro atoms. The molecular formula is C12H11ClFNO. The summed E-state index contributed by atoms with van der Waals surface area (Å²) in [6.07, 6.45) is 0.793. The molecule has 1 heterocycles. The van der Waals surface area contributed by atoms with Crippen molar-refractivity contribution in [3.8, 4) is 5.75 Å². The van der Waals surface area contributed by atoms with E-state index in [4.69, 9.17) is 16.3 Å². The fourth-order valence-corrected chi connectivity index (χ4v) is 1.88. The third-order valence-electron chi connectivity index (χ3n) is 2.50. The Morgan fingerprint density at radius 1 is 1.38 bits per heavy atom. The smallest absolute Gasteiger partial charge is 0.167 e. The number of halogens is 2. The predicted octanol–water partition coefficient (Wildman–Crippen LogP) is 3.60. The van der Waals surface area contributed by atoms with Crippen LogP contribution in [0.15, 0.2) is 18.2 Å². The number of benzene rings is 1. The third-order valence-corrected chi connectivity index (χ3v) is 2.82. The van der Waals surface area contributed by atoms with Crippen LogP contribution in [0.3, 0.4) is 0 Å². The number of aryl methyl sites for hydroxylation is 1. The number of fused-ring (bicyclic) bond motifs is 1. The largest absolute Gasteiger partial charge is 0.494 e. The first-order chi connectivity index (χ1) is 7.65. The topological polar surface area (TPSA) is 22.1 Å². The predicted molar refractivity (Wildman–Crippen MR) is 62.6 cm³/mol. The zero-order valence-electron chi connectivity index (χ0n) is 9.05. The molecule has 84 valence electrons. The maximum Gasteiger partial charge on any atom is 0.167 e. The number of aromatic nitrogens is 1. The van der Waals surface area contributed by atoms with Gasteiger partial charge >= 0.3 is 0 Å². The highest BCUT2D eigenvalue weighted by Gasteiger charge is 2.08. The molecule has 2 aromatic rings. The van der Waals surface area contributed by atoms with Crippen LogP contribution in [0.4, 0.5) is 4.39 Å². The van der Waals surface area contributed by atoms with E-state index in [-0.39, 0.29) is 5.75 Å². The first kappa shape index (κ1) is 11.1. The Labute approximate surface area is 98.0 Å². The molecule has 16 heavy (non-hydrogen) atoms. The van der Waals surface area contributed by atoms with Crippen LogP contribution >= 0.6 is 11.6 Å². The van der Waals surface area contributed by atoms with Gasteiger partial charge in [0, 0.05) is 11.5 Å². The molecule has 1 aromatic heterocycles. The van der Waals surface area contributed by atoms with Crippen molar-refractivity contribution >= 4 is 22.5 Å². The van der Waals surface area contributed by atoms with Gasteiger partial charge in [-0.2, -0.15) is 0 Å². The second kappa shape index (κ2) is 4.26. The summed E-state index contributed by atoms with van der Waals surface area (Å²) in [4.78, 5) is 4.15. The van der Waals surface area contributed by atoms with E-state index in [2.05, 4.69) is 4.98 Å². The fourth-order valence-electron chi connectivity index (χ4n) is 1.60. The molecule has 0 N–H and O–H groups in total. The highest BCUT2D eigenvalue weighted by atomic mass is 35.5. The van der Waals surface area contributed by atoms with Gasteiger partial charge in [-0.1, -0.05) is 18.5 Å². The first-order valence-electron chi connectivity index (χ1n) is 4.98. The molecule has 0 atom stereocenters. The van der Waals surface area contributed by atoms with E-state index in [1.165, 1.54) is 13.2 Å². The molecule has 4 heteroatoms. The van der Waals surface area contributed by atoms with E-state index in [1.54, 1.807) is 6.07 Å². The first-order valence-corrected chi connectivity index (χ1v) is 5.36. The lowest BCUT2D eigenvalue weighted by atomic mass is 10.1. The minimum atomic E-state index is -0.428. The number of rotatable bonds is 2. The monoisotopic (exact) mass is 239 g/mol. The van der Waals surface area contributed by atoms with Gasteiger partial charge in [-0.25, -0.2) is 9.37 Å². The fraction of sp³-hybridized carbons (Fsp3) is 0.250. The van der Waals surface area contributed by atoms with E-state index in [0.717, 1.165) is 17.4 Å². The molecule has 0 unspecified atom stereocenters. The minimum absolute atomic E-state index is 0.221. The van der Waals surface area contributed by atoms with Gasteiger partial charge in [-0.05, 0) is 24.1 Å². The molecule has 2 nitrogen and oxygen atoms in total. The van der Waals surface area contributed by atoms with Crippen LogP contribution in [0.2, 0.25) is 5.15 Å². The molecule has 0 bridgehead atoms. The lowest BCUT2D eigenvalue weighted by Crippen LogP contribution is -1.92. The highest BCUT2D eigenvalue weighted by molar-refractivity contribution is 6.30. The van der Waals surface area contributed by atoms with Gasteiger partial charge in [0.25, 0.3) is 0 Å². The maximum absolute atomic E-state index is 13.4. The van der Waals surface area contributed by atoms with Gasteiger partial charge in [0.1, 0.15) is 5.15 Å². The molecule has 0 amide bonds. The van der Waals surface area contributed by atoms with E-state index in [1.807, 2.05) is 13.0 Å². The Morgan fingerprint density at radius 3 is 2.75 bits per heavy atom. The van der Waals surface area contributed by atoms with Crippen LogP contribution in [-0.4, -0.2) is 12.1 Å². The number of methoxy groups -OCH3 is 1. The molecule has 0 saturated carbocycles. The van der Waals surface area contributed by atoms with E-state index < -0.39 is 5.82 Å². The summed E-state index contributed by atoms with van der Waals surface area (Å²) in [5.41, 5.74) is 1.49. The summed E-state index contributed by atoms with van der Waals surface area (Å²) < 4.78 is 18.3. The molecule has 0 saturated heterocycles. The van der Waals surface area contributed by atoms with Crippen LogP contribution in [-0.2, 0) is 6.42 Å². The number of nitrogens with zero attached hydrogens (tertiary/aromatic N) is 1. The molecule has 0 aliphatic carbocycles. The van der Waals surface area contributed by atoms with Crippen LogP contribution in [0.1, 0.15) is 12.5 Å². The number of pyridine rings is 1. The van der Waals surface area contributed by atoms with Crippen molar-refractivity contribution in [1.29, 1.82) is 0 Å². The lowest BCUT2D eigenvalue weighted by molar-refractivity contribution is 0.387. The summed E-state index contributed by atoms with van der Waals surface area (Å²) >= 11 is 5.96. The van der Waals surface area contributed by atoms with Crippen LogP contribution in [0.5, 0.6) is 5.75 Å². The molecule has 1 aromatic carbocycles. The second-order valence-corrected chi connectivity index (χ2v) is 3.83. The number of ether oxygens (including phenoxy) is 1. The molecule has 0 aliphatic rings. The van der Waals surface area contributed by atoms with Gasteiger partial charge in [-0.15, -0.1) is 0 Å². The minimum Gasteiger partial charge on any atom is -0.494 e. The normalized spacial score (nSPS) is 10.8. The summed E-state index contributed by atoms with van der Waals surface area (Å²) in [6.45, 7) is 2.00. The van der Waals surface area contributed by atoms with Crippen molar-refractivity contribution in [3.63, 3.8) is 0 Å². The van der Waals surface area contributed by atoms with Crippen molar-refractivity contribution in [2.75, 3.05) is 7.11 Å². The molecule has 0 fully saturated rings. The van der Waals surface area contributed by atoms with Crippen LogP contribution in [0, 0.1) is 5.82 Å². The van der Waals surface area contributed by atoms with Crippen LogP contribution in [0.25, 0.3) is 10.9 Å². The number of hydrogen-bond acceptors (Lipinski definition) is 2. The van der Waals surface area contributed by atoms with Crippen LogP contribution < -0.4 is 4.74 Å². The summed E-state index contributed by atoms with van der Waals surface area (Å²) in [5.74, 6) is -0.207. The Bertz CT molecular complexity index is 497. The van der Waals surface area contributed by atoms with Gasteiger partial charge in [0.05, 0.1) is 12.6 Å². The Balaban J connectivity index is 2.71. The van der Waals surface area contributed by atoms with Crippen molar-refractivity contribution in [2.45, 2.75) is 13.3 Å². The van der Waals surface area contributed by atoms with Gasteiger partial charge in [-0.3, -0.25) is 0 Å². The molecular weight excluding hydrogens is 229 g/mol. The summed E-state index contributed by atoms with van der Waals surface area (Å²) in [7, 11) is 1.44. The Kier molecular flexibility index (Phi) is 2.97. The van der Waals surface area contributed by atoms with E-state index >= 15 is 0 Å². The zero-order valence-corrected chi connectivity index (χ0v) is 9.81. The molecule has 0 aliphatic heterocycles. The average molecular weight is 240 g/mol. The molecule has 2 rings (SSSR count). The van der Waals surface area contributed by atoms with Gasteiger partial charge < -0.3 is 4.74 Å². The lowest BCUT2D eigenvalue weighted by Gasteiger charge is -2.06. The standard InChI is InChI=1S/C12H11ClFNO/c1-3-7-4-8-5-11(16-2)9(14)6-10(8)15-12(7)13/h4-6H,3H2,1-2H3. The third kappa shape index (κ3) is 1.83. The second-order valence-electron chi connectivity index (χ2n) is 3.47. The molecule has 0 radical (unpaired) electrons. The van der Waals surface area contributed by atoms with Crippen molar-refractivity contribution in [1.82, 2.24) is 4.98 Å². The van der Waals surface area contributed by atoms with Crippen molar-refractivity contribution < 1.29 is 9.13 Å². The van der Waals surface area contributed by atoms with Crippen molar-refractivity contribution in [2.24, 2.45) is 0 Å². The van der Waals surface area contributed by atoms with Gasteiger partial charge in [0.2, 0.25) is 0 Å². The van der Waals surface area contributed by atoms with E-state index in [0.29, 0.717) is 10.7 Å². The Morgan fingerprint density at radius 2 is 2.12 bits per heavy atom. The maximum atomic E-state index is 13.4. The highest BCUT2D eigenvalue weighted by Crippen LogP contribution is 2.26. The Hall–Kier alpha value is -1.35. The SMILES string of the molecule is CCc1cc2cc(OC)c(F)cc2nc1Cl. The average Bonchev–Trinajstić information content (AvgIpc) is 2.27. The summed E-state index contributed by atoms with van der Waals surface area (Å²) in [6, 6.07) is 4.87. The van der Waals surface area contributed by atoms with E-state index in [9.17, 15) is 4.39 Å². The number of hydrogen-bond donors (Lipinski definition) is 0. The zero-order chi connectivity index (χ0) is 11.7. The van der Waals surface area contributed by atoms with Gasteiger partial charge in [0.15, 0.2) is 11.6 Å².